The molecule has 3 aromatic rings. The monoisotopic (exact) mass is 561 g/mol. The maximum atomic E-state index is 13.8. The number of phenols is 1. The highest BCUT2D eigenvalue weighted by Gasteiger charge is 2.29. The molecule has 41 heavy (non-hydrogen) atoms. The van der Waals surface area contributed by atoms with E-state index >= 15 is 0 Å². The Hall–Kier alpha value is -4.53. The van der Waals surface area contributed by atoms with Gasteiger partial charge < -0.3 is 19.8 Å². The fourth-order valence-corrected chi connectivity index (χ4v) is 4.32. The molecule has 3 aromatic carbocycles. The lowest BCUT2D eigenvalue weighted by atomic mass is 10.1. The molecule has 0 aliphatic carbocycles. The standard InChI is InChI=1S/C32H39N3O6/c1-4-18-34(19-17-25-13-10-16-28(29(25)36)41-22-24-11-7-6-8-12-24)32(40)35(21-23(3)5-2)30(37)26-14-9-15-27(20-26)33-31(38)39/h6-16,20,23,33,36H,4-5,17-19,21-22H2,1-3H3,(H,38,39). The maximum Gasteiger partial charge on any atom is 0.409 e. The predicted molar refractivity (Wildman–Crippen MR) is 158 cm³/mol. The van der Waals surface area contributed by atoms with Crippen molar-refractivity contribution in [1.29, 1.82) is 0 Å². The number of nitrogens with zero attached hydrogens (tertiary/aromatic N) is 2. The van der Waals surface area contributed by atoms with Crippen molar-refractivity contribution in [2.24, 2.45) is 5.92 Å². The molecule has 0 fully saturated rings. The van der Waals surface area contributed by atoms with Gasteiger partial charge in [-0.3, -0.25) is 15.0 Å². The van der Waals surface area contributed by atoms with Gasteiger partial charge in [-0.2, -0.15) is 0 Å². The van der Waals surface area contributed by atoms with Crippen molar-refractivity contribution in [3.8, 4) is 11.5 Å². The first kappa shape index (κ1) is 31.0. The number of ether oxygens (including phenoxy) is 1. The number of nitrogens with one attached hydrogen (secondary N) is 1. The zero-order chi connectivity index (χ0) is 29.8. The van der Waals surface area contributed by atoms with Crippen LogP contribution in [0.5, 0.6) is 11.5 Å². The number of carbonyl (C=O) groups excluding carboxylic acids is 2. The number of benzene rings is 3. The third-order valence-corrected chi connectivity index (χ3v) is 6.76. The van der Waals surface area contributed by atoms with Crippen molar-refractivity contribution in [3.63, 3.8) is 0 Å². The van der Waals surface area contributed by atoms with Crippen molar-refractivity contribution in [3.05, 3.63) is 89.5 Å². The summed E-state index contributed by atoms with van der Waals surface area (Å²) < 4.78 is 5.85. The number of carboxylic acid groups (broad SMARTS) is 1. The fraction of sp³-hybridized carbons (Fsp3) is 0.344. The summed E-state index contributed by atoms with van der Waals surface area (Å²) in [5.41, 5.74) is 2.07. The van der Waals surface area contributed by atoms with Crippen molar-refractivity contribution >= 4 is 23.7 Å². The molecule has 0 heterocycles. The molecule has 0 spiro atoms. The number of phenolic OH excluding ortho intramolecular Hbond substituents is 1. The van der Waals surface area contributed by atoms with Gasteiger partial charge in [0.15, 0.2) is 11.5 Å². The van der Waals surface area contributed by atoms with Crippen LogP contribution in [0.2, 0.25) is 0 Å². The SMILES string of the molecule is CCCN(CCc1cccc(OCc2ccccc2)c1O)C(=O)N(CC(C)CC)C(=O)c1cccc(NC(=O)O)c1. The van der Waals surface area contributed by atoms with Crippen molar-refractivity contribution < 1.29 is 29.3 Å². The lowest BCUT2D eigenvalue weighted by Gasteiger charge is -2.31. The molecule has 0 aliphatic rings. The Balaban J connectivity index is 1.78. The zero-order valence-electron chi connectivity index (χ0n) is 23.9. The molecule has 0 bridgehead atoms. The number of amides is 4. The Morgan fingerprint density at radius 3 is 2.37 bits per heavy atom. The van der Waals surface area contributed by atoms with Crippen LogP contribution in [0, 0.1) is 5.92 Å². The third-order valence-electron chi connectivity index (χ3n) is 6.76. The third kappa shape index (κ3) is 8.99. The molecule has 1 unspecified atom stereocenters. The summed E-state index contributed by atoms with van der Waals surface area (Å²) in [6, 6.07) is 20.6. The van der Waals surface area contributed by atoms with Crippen molar-refractivity contribution in [1.82, 2.24) is 9.80 Å². The first-order valence-electron chi connectivity index (χ1n) is 13.9. The summed E-state index contributed by atoms with van der Waals surface area (Å²) >= 11 is 0. The van der Waals surface area contributed by atoms with Crippen LogP contribution in [0.25, 0.3) is 0 Å². The number of anilines is 1. The second kappa shape index (κ2) is 15.3. The smallest absolute Gasteiger partial charge is 0.409 e. The summed E-state index contributed by atoms with van der Waals surface area (Å²) in [7, 11) is 0. The van der Waals surface area contributed by atoms with Gasteiger partial charge in [-0.05, 0) is 54.2 Å². The van der Waals surface area contributed by atoms with Crippen molar-refractivity contribution in [2.75, 3.05) is 25.0 Å². The summed E-state index contributed by atoms with van der Waals surface area (Å²) in [4.78, 5) is 41.4. The van der Waals surface area contributed by atoms with E-state index in [0.29, 0.717) is 37.3 Å². The highest BCUT2D eigenvalue weighted by atomic mass is 16.5. The van der Waals surface area contributed by atoms with E-state index in [1.165, 1.54) is 11.0 Å². The summed E-state index contributed by atoms with van der Waals surface area (Å²) in [5, 5.41) is 22.2. The topological polar surface area (TPSA) is 119 Å². The molecule has 9 nitrogen and oxygen atoms in total. The Bertz CT molecular complexity index is 1310. The van der Waals surface area contributed by atoms with Gasteiger partial charge in [0.05, 0.1) is 0 Å². The minimum absolute atomic E-state index is 0.0302. The lowest BCUT2D eigenvalue weighted by molar-refractivity contribution is 0.0735. The minimum Gasteiger partial charge on any atom is -0.504 e. The zero-order valence-corrected chi connectivity index (χ0v) is 23.9. The van der Waals surface area contributed by atoms with Gasteiger partial charge in [-0.15, -0.1) is 0 Å². The van der Waals surface area contributed by atoms with Crippen LogP contribution < -0.4 is 10.1 Å². The molecule has 4 amide bonds. The molecule has 0 radical (unpaired) electrons. The van der Waals surface area contributed by atoms with E-state index in [4.69, 9.17) is 9.84 Å². The quantitative estimate of drug-likeness (QED) is 0.216. The van der Waals surface area contributed by atoms with Gasteiger partial charge in [0.2, 0.25) is 0 Å². The molecular weight excluding hydrogens is 522 g/mol. The van der Waals surface area contributed by atoms with Crippen LogP contribution in [0.15, 0.2) is 72.8 Å². The molecule has 9 heteroatoms. The lowest BCUT2D eigenvalue weighted by Crippen LogP contribution is -2.48. The second-order valence-corrected chi connectivity index (χ2v) is 10.00. The molecule has 3 N–H and O–H groups in total. The maximum absolute atomic E-state index is 13.8. The van der Waals surface area contributed by atoms with Gasteiger partial charge in [0, 0.05) is 30.9 Å². The first-order chi connectivity index (χ1) is 19.7. The normalized spacial score (nSPS) is 11.4. The molecule has 3 rings (SSSR count). The van der Waals surface area contributed by atoms with Gasteiger partial charge in [-0.1, -0.05) is 75.7 Å². The van der Waals surface area contributed by atoms with Crippen molar-refractivity contribution in [2.45, 2.75) is 46.6 Å². The van der Waals surface area contributed by atoms with Gasteiger partial charge in [0.1, 0.15) is 6.61 Å². The van der Waals surface area contributed by atoms with E-state index in [0.717, 1.165) is 12.0 Å². The number of imide groups is 1. The van der Waals surface area contributed by atoms with E-state index in [-0.39, 0.29) is 36.0 Å². The highest BCUT2D eigenvalue weighted by Crippen LogP contribution is 2.31. The molecule has 0 saturated heterocycles. The van der Waals surface area contributed by atoms with E-state index in [1.807, 2.05) is 51.1 Å². The Kier molecular flexibility index (Phi) is 11.6. The molecular formula is C32H39N3O6. The number of rotatable bonds is 13. The number of aromatic hydroxyl groups is 1. The average Bonchev–Trinajstić information content (AvgIpc) is 2.97. The fourth-order valence-electron chi connectivity index (χ4n) is 4.32. The van der Waals surface area contributed by atoms with Crippen LogP contribution in [-0.2, 0) is 13.0 Å². The Morgan fingerprint density at radius 1 is 0.951 bits per heavy atom. The Morgan fingerprint density at radius 2 is 1.68 bits per heavy atom. The molecule has 218 valence electrons. The summed E-state index contributed by atoms with van der Waals surface area (Å²) in [5.74, 6) is -0.0375. The summed E-state index contributed by atoms with van der Waals surface area (Å²) in [6.45, 7) is 7.17. The molecule has 0 aromatic heterocycles. The van der Waals surface area contributed by atoms with E-state index in [9.17, 15) is 19.5 Å². The van der Waals surface area contributed by atoms with E-state index < -0.39 is 18.0 Å². The van der Waals surface area contributed by atoms with Gasteiger partial charge in [-0.25, -0.2) is 9.59 Å². The molecule has 0 aliphatic heterocycles. The van der Waals surface area contributed by atoms with Crippen LogP contribution in [-0.4, -0.2) is 57.7 Å². The summed E-state index contributed by atoms with van der Waals surface area (Å²) in [6.07, 6.45) is 0.578. The van der Waals surface area contributed by atoms with E-state index in [2.05, 4.69) is 5.32 Å². The van der Waals surface area contributed by atoms with E-state index in [1.54, 1.807) is 41.3 Å². The number of hydrogen-bond donors (Lipinski definition) is 3. The number of urea groups is 1. The highest BCUT2D eigenvalue weighted by molar-refractivity contribution is 6.05. The van der Waals surface area contributed by atoms with Crippen LogP contribution >= 0.6 is 0 Å². The number of carbonyl (C=O) groups is 3. The number of para-hydroxylation sites is 1. The van der Waals surface area contributed by atoms with Crippen LogP contribution in [0.4, 0.5) is 15.3 Å². The van der Waals surface area contributed by atoms with Crippen LogP contribution in [0.3, 0.4) is 0 Å². The van der Waals surface area contributed by atoms with Gasteiger partial charge >= 0.3 is 12.1 Å². The Labute approximate surface area is 241 Å². The van der Waals surface area contributed by atoms with Gasteiger partial charge in [0.25, 0.3) is 5.91 Å². The number of hydrogen-bond acceptors (Lipinski definition) is 5. The first-order valence-corrected chi connectivity index (χ1v) is 13.9. The average molecular weight is 562 g/mol. The minimum atomic E-state index is -1.24. The second-order valence-electron chi connectivity index (χ2n) is 10.00. The molecule has 1 atom stereocenters. The predicted octanol–water partition coefficient (Wildman–Crippen LogP) is 6.62. The van der Waals surface area contributed by atoms with Crippen LogP contribution in [0.1, 0.15) is 55.1 Å². The molecule has 0 saturated carbocycles. The largest absolute Gasteiger partial charge is 0.504 e.